The molecule has 0 saturated carbocycles. The molecule has 0 aliphatic rings. The smallest absolute Gasteiger partial charge is 0.0601 e. The van der Waals surface area contributed by atoms with Crippen molar-refractivity contribution < 1.29 is 0 Å². The van der Waals surface area contributed by atoms with E-state index in [1.807, 2.05) is 26.2 Å². The van der Waals surface area contributed by atoms with E-state index in [4.69, 9.17) is 0 Å². The van der Waals surface area contributed by atoms with Gasteiger partial charge in [0.05, 0.1) is 6.04 Å². The second-order valence-corrected chi connectivity index (χ2v) is 6.22. The van der Waals surface area contributed by atoms with Gasteiger partial charge in [0.25, 0.3) is 0 Å². The number of hydrogen-bond acceptors (Lipinski definition) is 2. The molecular formula is C14H14BrIN2. The van der Waals surface area contributed by atoms with Crippen molar-refractivity contribution in [3.63, 3.8) is 0 Å². The van der Waals surface area contributed by atoms with Crippen molar-refractivity contribution in [2.24, 2.45) is 0 Å². The molecule has 1 unspecified atom stereocenters. The minimum Gasteiger partial charge on any atom is -0.309 e. The molecule has 4 heteroatoms. The van der Waals surface area contributed by atoms with Gasteiger partial charge in [-0.1, -0.05) is 22.0 Å². The Morgan fingerprint density at radius 3 is 2.67 bits per heavy atom. The summed E-state index contributed by atoms with van der Waals surface area (Å²) in [7, 11) is 1.97. The van der Waals surface area contributed by atoms with Gasteiger partial charge in [0.15, 0.2) is 0 Å². The van der Waals surface area contributed by atoms with Gasteiger partial charge in [0, 0.05) is 19.9 Å². The molecule has 1 N–H and O–H groups in total. The predicted octanol–water partition coefficient (Wildman–Crippen LogP) is 4.07. The van der Waals surface area contributed by atoms with Gasteiger partial charge >= 0.3 is 0 Å². The zero-order valence-electron chi connectivity index (χ0n) is 10.2. The lowest BCUT2D eigenvalue weighted by Gasteiger charge is -2.19. The molecule has 0 amide bonds. The van der Waals surface area contributed by atoms with Gasteiger partial charge in [-0.3, -0.25) is 4.98 Å². The van der Waals surface area contributed by atoms with Gasteiger partial charge in [0.2, 0.25) is 0 Å². The van der Waals surface area contributed by atoms with E-state index in [0.29, 0.717) is 0 Å². The summed E-state index contributed by atoms with van der Waals surface area (Å²) < 4.78 is 2.34. The fourth-order valence-corrected chi connectivity index (χ4v) is 2.88. The fraction of sp³-hybridized carbons (Fsp3) is 0.214. The average molecular weight is 417 g/mol. The van der Waals surface area contributed by atoms with Crippen LogP contribution in [0.25, 0.3) is 0 Å². The van der Waals surface area contributed by atoms with Gasteiger partial charge in [-0.05, 0) is 72.0 Å². The summed E-state index contributed by atoms with van der Waals surface area (Å²) >= 11 is 5.95. The van der Waals surface area contributed by atoms with Crippen LogP contribution in [0.15, 0.2) is 41.0 Å². The van der Waals surface area contributed by atoms with Crippen molar-refractivity contribution in [2.75, 3.05) is 7.05 Å². The Balaban J connectivity index is 2.44. The first-order valence-corrected chi connectivity index (χ1v) is 7.53. The molecule has 0 radical (unpaired) electrons. The van der Waals surface area contributed by atoms with Gasteiger partial charge in [0.1, 0.15) is 0 Å². The Bertz CT molecular complexity index is 540. The maximum absolute atomic E-state index is 4.37. The fourth-order valence-electron chi connectivity index (χ4n) is 1.89. The molecule has 0 aliphatic carbocycles. The Kier molecular flexibility index (Phi) is 4.75. The number of aryl methyl sites for hydroxylation is 1. The van der Waals surface area contributed by atoms with Crippen molar-refractivity contribution in [1.29, 1.82) is 0 Å². The maximum atomic E-state index is 4.37. The van der Waals surface area contributed by atoms with Crippen molar-refractivity contribution in [1.82, 2.24) is 10.3 Å². The number of pyridine rings is 1. The second-order valence-electron chi connectivity index (χ2n) is 4.12. The number of aromatic nitrogens is 1. The van der Waals surface area contributed by atoms with Crippen LogP contribution in [0.2, 0.25) is 0 Å². The lowest BCUT2D eigenvalue weighted by Crippen LogP contribution is -2.18. The Labute approximate surface area is 129 Å². The van der Waals surface area contributed by atoms with Gasteiger partial charge < -0.3 is 5.32 Å². The number of halogens is 2. The second kappa shape index (κ2) is 6.12. The van der Waals surface area contributed by atoms with Gasteiger partial charge in [-0.15, -0.1) is 0 Å². The van der Waals surface area contributed by atoms with Crippen LogP contribution in [0.3, 0.4) is 0 Å². The summed E-state index contributed by atoms with van der Waals surface area (Å²) in [5.41, 5.74) is 3.44. The normalized spacial score (nSPS) is 12.4. The molecule has 1 heterocycles. The van der Waals surface area contributed by atoms with E-state index in [0.717, 1.165) is 10.2 Å². The van der Waals surface area contributed by atoms with Crippen LogP contribution in [0.1, 0.15) is 22.9 Å². The van der Waals surface area contributed by atoms with E-state index in [-0.39, 0.29) is 6.04 Å². The molecular weight excluding hydrogens is 403 g/mol. The van der Waals surface area contributed by atoms with Crippen LogP contribution in [-0.2, 0) is 0 Å². The molecule has 0 spiro atoms. The lowest BCUT2D eigenvalue weighted by molar-refractivity contribution is 0.685. The first kappa shape index (κ1) is 14.0. The van der Waals surface area contributed by atoms with Gasteiger partial charge in [-0.25, -0.2) is 0 Å². The molecule has 0 bridgehead atoms. The van der Waals surface area contributed by atoms with Crippen molar-refractivity contribution >= 4 is 38.5 Å². The first-order chi connectivity index (χ1) is 8.61. The standard InChI is InChI=1S/C14H14BrIN2/c1-9-3-4-10(8-18-9)14(17-2)12-7-11(16)5-6-13(12)15/h3-8,14,17H,1-2H3. The molecule has 2 aromatic rings. The molecule has 94 valence electrons. The topological polar surface area (TPSA) is 24.9 Å². The summed E-state index contributed by atoms with van der Waals surface area (Å²) in [5.74, 6) is 0. The van der Waals surface area contributed by atoms with Crippen LogP contribution in [0.4, 0.5) is 0 Å². The van der Waals surface area contributed by atoms with E-state index < -0.39 is 0 Å². The third-order valence-corrected chi connectivity index (χ3v) is 4.22. The predicted molar refractivity (Wildman–Crippen MR) is 86.7 cm³/mol. The van der Waals surface area contributed by atoms with E-state index in [1.165, 1.54) is 14.7 Å². The quantitative estimate of drug-likeness (QED) is 0.763. The number of nitrogens with zero attached hydrogens (tertiary/aromatic N) is 1. The van der Waals surface area contributed by atoms with Crippen molar-refractivity contribution in [2.45, 2.75) is 13.0 Å². The molecule has 1 atom stereocenters. The molecule has 2 rings (SSSR count). The molecule has 0 aliphatic heterocycles. The largest absolute Gasteiger partial charge is 0.309 e. The molecule has 0 fully saturated rings. The van der Waals surface area contributed by atoms with Crippen LogP contribution in [0, 0.1) is 10.5 Å². The van der Waals surface area contributed by atoms with E-state index in [2.05, 4.69) is 73.1 Å². The highest BCUT2D eigenvalue weighted by molar-refractivity contribution is 14.1. The molecule has 1 aromatic carbocycles. The SMILES string of the molecule is CNC(c1ccc(C)nc1)c1cc(I)ccc1Br. The van der Waals surface area contributed by atoms with Crippen LogP contribution in [0.5, 0.6) is 0 Å². The Morgan fingerprint density at radius 2 is 2.06 bits per heavy atom. The summed E-state index contributed by atoms with van der Waals surface area (Å²) in [6, 6.07) is 10.7. The number of rotatable bonds is 3. The Hall–Kier alpha value is -0.460. The zero-order chi connectivity index (χ0) is 13.1. The van der Waals surface area contributed by atoms with E-state index in [1.54, 1.807) is 0 Å². The van der Waals surface area contributed by atoms with Crippen molar-refractivity contribution in [3.05, 3.63) is 61.4 Å². The van der Waals surface area contributed by atoms with E-state index in [9.17, 15) is 0 Å². The minimum atomic E-state index is 0.155. The lowest BCUT2D eigenvalue weighted by atomic mass is 10.0. The first-order valence-electron chi connectivity index (χ1n) is 5.66. The average Bonchev–Trinajstić information content (AvgIpc) is 2.37. The number of benzene rings is 1. The van der Waals surface area contributed by atoms with Crippen LogP contribution >= 0.6 is 38.5 Å². The highest BCUT2D eigenvalue weighted by Crippen LogP contribution is 2.29. The molecule has 18 heavy (non-hydrogen) atoms. The number of nitrogens with one attached hydrogen (secondary N) is 1. The highest BCUT2D eigenvalue weighted by atomic mass is 127. The van der Waals surface area contributed by atoms with Crippen LogP contribution < -0.4 is 5.32 Å². The van der Waals surface area contributed by atoms with Crippen LogP contribution in [-0.4, -0.2) is 12.0 Å². The maximum Gasteiger partial charge on any atom is 0.0601 e. The summed E-state index contributed by atoms with van der Waals surface area (Å²) in [6.07, 6.45) is 1.93. The highest BCUT2D eigenvalue weighted by Gasteiger charge is 2.15. The minimum absolute atomic E-state index is 0.155. The third-order valence-electron chi connectivity index (χ3n) is 2.83. The summed E-state index contributed by atoms with van der Waals surface area (Å²) in [5, 5.41) is 3.35. The monoisotopic (exact) mass is 416 g/mol. The van der Waals surface area contributed by atoms with Crippen molar-refractivity contribution in [3.8, 4) is 0 Å². The molecule has 2 nitrogen and oxygen atoms in total. The van der Waals surface area contributed by atoms with Gasteiger partial charge in [-0.2, -0.15) is 0 Å². The summed E-state index contributed by atoms with van der Waals surface area (Å²) in [6.45, 7) is 2.00. The molecule has 0 saturated heterocycles. The molecule has 1 aromatic heterocycles. The Morgan fingerprint density at radius 1 is 1.28 bits per heavy atom. The third kappa shape index (κ3) is 3.10. The number of hydrogen-bond donors (Lipinski definition) is 1. The zero-order valence-corrected chi connectivity index (χ0v) is 14.0. The van der Waals surface area contributed by atoms with E-state index >= 15 is 0 Å². The summed E-state index contributed by atoms with van der Waals surface area (Å²) in [4.78, 5) is 4.37.